The SMILES string of the molecule is COc1ccccc1C1(c2ccccc2OC)OC(CC2=N[C@H](Cc3ccccc3)C(c3ccccc3OC)(c3ccccc3OC)O2)=N[C@@H]1Cc1ccccc1. The van der Waals surface area contributed by atoms with E-state index >= 15 is 0 Å². The zero-order valence-corrected chi connectivity index (χ0v) is 32.6. The summed E-state index contributed by atoms with van der Waals surface area (Å²) in [5.74, 6) is 3.70. The van der Waals surface area contributed by atoms with Gasteiger partial charge in [0.2, 0.25) is 0 Å². The Bertz CT molecular complexity index is 2120. The van der Waals surface area contributed by atoms with Crippen LogP contribution in [-0.2, 0) is 33.5 Å². The van der Waals surface area contributed by atoms with Gasteiger partial charge in [0.25, 0.3) is 0 Å². The Morgan fingerprint density at radius 1 is 0.404 bits per heavy atom. The molecule has 0 aliphatic carbocycles. The van der Waals surface area contributed by atoms with Crippen molar-refractivity contribution in [3.63, 3.8) is 0 Å². The zero-order valence-electron chi connectivity index (χ0n) is 32.6. The molecular weight excluding hydrogens is 713 g/mol. The molecule has 2 heterocycles. The van der Waals surface area contributed by atoms with Gasteiger partial charge in [0, 0.05) is 22.3 Å². The molecule has 8 heteroatoms. The highest BCUT2D eigenvalue weighted by Gasteiger charge is 2.56. The van der Waals surface area contributed by atoms with E-state index < -0.39 is 23.3 Å². The minimum absolute atomic E-state index is 0.189. The molecule has 0 unspecified atom stereocenters. The maximum absolute atomic E-state index is 7.36. The van der Waals surface area contributed by atoms with Gasteiger partial charge in [-0.3, -0.25) is 0 Å². The van der Waals surface area contributed by atoms with Crippen molar-refractivity contribution in [1.29, 1.82) is 0 Å². The third-order valence-corrected chi connectivity index (χ3v) is 11.0. The molecule has 288 valence electrons. The van der Waals surface area contributed by atoms with Gasteiger partial charge in [-0.1, -0.05) is 133 Å². The summed E-state index contributed by atoms with van der Waals surface area (Å²) < 4.78 is 38.9. The van der Waals surface area contributed by atoms with E-state index in [2.05, 4.69) is 48.5 Å². The number of para-hydroxylation sites is 4. The van der Waals surface area contributed by atoms with Gasteiger partial charge < -0.3 is 28.4 Å². The first kappa shape index (κ1) is 37.4. The average Bonchev–Trinajstić information content (AvgIpc) is 3.81. The van der Waals surface area contributed by atoms with E-state index in [-0.39, 0.29) is 6.42 Å². The summed E-state index contributed by atoms with van der Waals surface area (Å²) in [7, 11) is 6.73. The first-order valence-corrected chi connectivity index (χ1v) is 19.2. The van der Waals surface area contributed by atoms with Gasteiger partial charge in [-0.05, 0) is 48.2 Å². The van der Waals surface area contributed by atoms with E-state index in [4.69, 9.17) is 38.4 Å². The predicted molar refractivity (Wildman–Crippen MR) is 223 cm³/mol. The molecule has 0 saturated heterocycles. The van der Waals surface area contributed by atoms with Crippen molar-refractivity contribution in [3.05, 3.63) is 191 Å². The van der Waals surface area contributed by atoms with Gasteiger partial charge in [-0.15, -0.1) is 0 Å². The van der Waals surface area contributed by atoms with Crippen LogP contribution >= 0.6 is 0 Å². The normalized spacial score (nSPS) is 17.8. The van der Waals surface area contributed by atoms with Crippen LogP contribution in [0.25, 0.3) is 0 Å². The Morgan fingerprint density at radius 3 is 0.982 bits per heavy atom. The maximum Gasteiger partial charge on any atom is 0.194 e. The number of benzene rings is 6. The minimum Gasteiger partial charge on any atom is -0.496 e. The smallest absolute Gasteiger partial charge is 0.194 e. The number of hydrogen-bond acceptors (Lipinski definition) is 8. The van der Waals surface area contributed by atoms with Gasteiger partial charge in [-0.2, -0.15) is 0 Å². The Balaban J connectivity index is 1.29. The van der Waals surface area contributed by atoms with Gasteiger partial charge in [-0.25, -0.2) is 9.98 Å². The molecule has 6 aromatic rings. The molecule has 0 radical (unpaired) electrons. The molecule has 0 bridgehead atoms. The van der Waals surface area contributed by atoms with Crippen molar-refractivity contribution < 1.29 is 28.4 Å². The van der Waals surface area contributed by atoms with Gasteiger partial charge >= 0.3 is 0 Å². The van der Waals surface area contributed by atoms with Crippen molar-refractivity contribution in [2.24, 2.45) is 9.98 Å². The first-order valence-electron chi connectivity index (χ1n) is 19.2. The Morgan fingerprint density at radius 2 is 0.684 bits per heavy atom. The van der Waals surface area contributed by atoms with Crippen molar-refractivity contribution in [3.8, 4) is 23.0 Å². The molecule has 0 N–H and O–H groups in total. The fourth-order valence-electron chi connectivity index (χ4n) is 8.47. The van der Waals surface area contributed by atoms with Crippen molar-refractivity contribution in [2.75, 3.05) is 28.4 Å². The highest BCUT2D eigenvalue weighted by atomic mass is 16.5. The summed E-state index contributed by atoms with van der Waals surface area (Å²) >= 11 is 0. The molecule has 0 fully saturated rings. The van der Waals surface area contributed by atoms with Gasteiger partial charge in [0.1, 0.15) is 35.1 Å². The molecule has 0 amide bonds. The third kappa shape index (κ3) is 6.86. The van der Waals surface area contributed by atoms with Gasteiger partial charge in [0.05, 0.1) is 34.9 Å². The minimum atomic E-state index is -1.13. The van der Waals surface area contributed by atoms with Crippen LogP contribution in [0, 0.1) is 0 Å². The highest BCUT2D eigenvalue weighted by molar-refractivity contribution is 5.99. The highest BCUT2D eigenvalue weighted by Crippen LogP contribution is 2.52. The largest absolute Gasteiger partial charge is 0.496 e. The molecule has 2 aliphatic rings. The van der Waals surface area contributed by atoms with E-state index in [9.17, 15) is 0 Å². The summed E-state index contributed by atoms with van der Waals surface area (Å²) in [6.45, 7) is 0. The number of hydrogen-bond donors (Lipinski definition) is 0. The Labute approximate surface area is 334 Å². The van der Waals surface area contributed by atoms with E-state index in [1.807, 2.05) is 109 Å². The fraction of sp³-hybridized carbons (Fsp3) is 0.224. The molecule has 0 saturated carbocycles. The fourth-order valence-corrected chi connectivity index (χ4v) is 8.47. The number of aliphatic imine (C=N–C) groups is 2. The Hall–Kier alpha value is -6.54. The van der Waals surface area contributed by atoms with Crippen LogP contribution in [0.3, 0.4) is 0 Å². The monoisotopic (exact) mass is 758 g/mol. The summed E-state index contributed by atoms with van der Waals surface area (Å²) in [4.78, 5) is 10.9. The molecule has 0 spiro atoms. The number of ether oxygens (including phenoxy) is 6. The van der Waals surface area contributed by atoms with E-state index in [0.717, 1.165) is 33.4 Å². The summed E-state index contributed by atoms with van der Waals surface area (Å²) in [5.41, 5.74) is 3.33. The van der Waals surface area contributed by atoms with Crippen LogP contribution in [0.4, 0.5) is 0 Å². The maximum atomic E-state index is 7.36. The second-order valence-electron chi connectivity index (χ2n) is 14.1. The van der Waals surface area contributed by atoms with Crippen molar-refractivity contribution in [1.82, 2.24) is 0 Å². The summed E-state index contributed by atoms with van der Waals surface area (Å²) in [6.07, 6.45) is 1.35. The number of rotatable bonds is 14. The molecule has 57 heavy (non-hydrogen) atoms. The number of methoxy groups -OCH3 is 4. The van der Waals surface area contributed by atoms with Crippen LogP contribution in [0.2, 0.25) is 0 Å². The summed E-state index contributed by atoms with van der Waals surface area (Å²) in [5, 5.41) is 0. The molecule has 8 rings (SSSR count). The standard InChI is InChI=1S/C49H46N2O6/c1-52-40-27-15-11-23-36(40)48(37-24-12-16-28-41(37)53-2)44(31-34-19-7-5-8-20-34)50-46(56-48)33-47-51-45(32-35-21-9-6-10-22-35)49(57-47,38-25-13-17-29-42(38)54-3)39-26-14-18-30-43(39)55-4/h5-30,44-45H,31-33H2,1-4H3/t44-,45-/m1/s1. The Kier molecular flexibility index (Phi) is 10.7. The first-order chi connectivity index (χ1) is 28.0. The lowest BCUT2D eigenvalue weighted by Crippen LogP contribution is -2.41. The predicted octanol–water partition coefficient (Wildman–Crippen LogP) is 9.38. The molecular formula is C49H46N2O6. The average molecular weight is 759 g/mol. The third-order valence-electron chi connectivity index (χ3n) is 11.0. The zero-order chi connectivity index (χ0) is 39.2. The van der Waals surface area contributed by atoms with E-state index in [0.29, 0.717) is 47.6 Å². The van der Waals surface area contributed by atoms with Crippen molar-refractivity contribution >= 4 is 11.8 Å². The molecule has 0 aromatic heterocycles. The van der Waals surface area contributed by atoms with Crippen LogP contribution in [0.1, 0.15) is 39.8 Å². The quantitative estimate of drug-likeness (QED) is 0.110. The molecule has 6 aromatic carbocycles. The van der Waals surface area contributed by atoms with Crippen molar-refractivity contribution in [2.45, 2.75) is 42.5 Å². The lowest BCUT2D eigenvalue weighted by Gasteiger charge is -2.37. The van der Waals surface area contributed by atoms with E-state index in [1.54, 1.807) is 28.4 Å². The van der Waals surface area contributed by atoms with E-state index in [1.165, 1.54) is 0 Å². The van der Waals surface area contributed by atoms with Gasteiger partial charge in [0.15, 0.2) is 23.0 Å². The van der Waals surface area contributed by atoms with Crippen LogP contribution in [-0.4, -0.2) is 52.3 Å². The topological polar surface area (TPSA) is 80.1 Å². The molecule has 8 nitrogen and oxygen atoms in total. The summed E-state index contributed by atoms with van der Waals surface area (Å²) in [6, 6.07) is 51.8. The van der Waals surface area contributed by atoms with Crippen LogP contribution in [0.15, 0.2) is 168 Å². The van der Waals surface area contributed by atoms with Crippen LogP contribution in [0.5, 0.6) is 23.0 Å². The lowest BCUT2D eigenvalue weighted by molar-refractivity contribution is 0.0814. The second kappa shape index (κ2) is 16.3. The molecule has 2 atom stereocenters. The lowest BCUT2D eigenvalue weighted by atomic mass is 9.77. The molecule has 2 aliphatic heterocycles. The van der Waals surface area contributed by atoms with Crippen LogP contribution < -0.4 is 18.9 Å². The second-order valence-corrected chi connectivity index (χ2v) is 14.1. The number of nitrogens with zero attached hydrogens (tertiary/aromatic N) is 2.